The Balaban J connectivity index is 0.000000465. The van der Waals surface area contributed by atoms with Gasteiger partial charge in [0.15, 0.2) is 0 Å². The predicted octanol–water partition coefficient (Wildman–Crippen LogP) is 3.50. The minimum absolute atomic E-state index is 0.162. The SMILES string of the molecule is CC.O=C1OCCC2C3CC(C12)C1C2CCC(C2)C31. The number of carbonyl (C=O) groups excluding carboxylic acids is 1. The summed E-state index contributed by atoms with van der Waals surface area (Å²) in [6, 6.07) is 0. The third-order valence-electron chi connectivity index (χ3n) is 7.02. The van der Waals surface area contributed by atoms with Gasteiger partial charge >= 0.3 is 5.97 Å². The molecule has 106 valence electrons. The summed E-state index contributed by atoms with van der Waals surface area (Å²) >= 11 is 0. The Hall–Kier alpha value is -0.530. The van der Waals surface area contributed by atoms with Crippen molar-refractivity contribution in [1.82, 2.24) is 0 Å². The van der Waals surface area contributed by atoms with Crippen molar-refractivity contribution >= 4 is 5.97 Å². The predicted molar refractivity (Wildman–Crippen MR) is 73.3 cm³/mol. The number of hydrogen-bond acceptors (Lipinski definition) is 2. The van der Waals surface area contributed by atoms with Crippen molar-refractivity contribution in [2.24, 2.45) is 47.3 Å². The number of hydrogen-bond donors (Lipinski definition) is 0. The summed E-state index contributed by atoms with van der Waals surface area (Å²) in [7, 11) is 0. The van der Waals surface area contributed by atoms with Crippen LogP contribution < -0.4 is 0 Å². The van der Waals surface area contributed by atoms with Crippen molar-refractivity contribution in [3.05, 3.63) is 0 Å². The van der Waals surface area contributed by atoms with Crippen LogP contribution in [-0.4, -0.2) is 12.6 Å². The van der Waals surface area contributed by atoms with Gasteiger partial charge in [-0.1, -0.05) is 13.8 Å². The van der Waals surface area contributed by atoms with Gasteiger partial charge < -0.3 is 4.74 Å². The minimum Gasteiger partial charge on any atom is -0.465 e. The van der Waals surface area contributed by atoms with Gasteiger partial charge in [-0.05, 0) is 73.5 Å². The van der Waals surface area contributed by atoms with Gasteiger partial charge in [0.25, 0.3) is 0 Å². The molecule has 8 atom stereocenters. The van der Waals surface area contributed by atoms with E-state index in [0.717, 1.165) is 41.9 Å². The van der Waals surface area contributed by atoms with E-state index in [2.05, 4.69) is 0 Å². The highest BCUT2D eigenvalue weighted by Gasteiger charge is 2.67. The first kappa shape index (κ1) is 12.2. The molecule has 0 aromatic carbocycles. The number of rotatable bonds is 0. The molecular formula is C17H26O2. The smallest absolute Gasteiger partial charge is 0.309 e. The molecule has 19 heavy (non-hydrogen) atoms. The molecule has 1 saturated heterocycles. The molecule has 5 aliphatic rings. The van der Waals surface area contributed by atoms with Crippen LogP contribution in [0.15, 0.2) is 0 Å². The molecule has 0 aromatic rings. The normalized spacial score (nSPS) is 56.2. The first-order valence-corrected chi connectivity index (χ1v) is 8.51. The standard InChI is InChI=1S/C15H20O2.C2H6/c16-15-14-9(3-4-17-15)10-6-11(14)13-8-2-1-7(5-8)12(10)13;1-2/h7-14H,1-6H2;1-2H3. The van der Waals surface area contributed by atoms with Crippen LogP contribution in [0.5, 0.6) is 0 Å². The maximum atomic E-state index is 12.0. The van der Waals surface area contributed by atoms with Gasteiger partial charge in [0.05, 0.1) is 12.5 Å². The summed E-state index contributed by atoms with van der Waals surface area (Å²) in [6.45, 7) is 4.70. The summed E-state index contributed by atoms with van der Waals surface area (Å²) < 4.78 is 5.33. The Morgan fingerprint density at radius 3 is 2.32 bits per heavy atom. The molecule has 0 N–H and O–H groups in total. The quantitative estimate of drug-likeness (QED) is 0.493. The monoisotopic (exact) mass is 262 g/mol. The second kappa shape index (κ2) is 4.23. The summed E-state index contributed by atoms with van der Waals surface area (Å²) in [5, 5.41) is 0. The van der Waals surface area contributed by atoms with Crippen molar-refractivity contribution in [2.45, 2.75) is 46.0 Å². The van der Waals surface area contributed by atoms with E-state index in [0.29, 0.717) is 18.4 Å². The van der Waals surface area contributed by atoms with Crippen LogP contribution in [0.2, 0.25) is 0 Å². The second-order valence-electron chi connectivity index (χ2n) is 7.20. The van der Waals surface area contributed by atoms with E-state index < -0.39 is 0 Å². The molecule has 5 fully saturated rings. The lowest BCUT2D eigenvalue weighted by atomic mass is 9.62. The lowest BCUT2D eigenvalue weighted by Gasteiger charge is -2.44. The van der Waals surface area contributed by atoms with Crippen LogP contribution in [0.1, 0.15) is 46.0 Å². The fourth-order valence-corrected chi connectivity index (χ4v) is 6.84. The van der Waals surface area contributed by atoms with Crippen molar-refractivity contribution in [1.29, 1.82) is 0 Å². The van der Waals surface area contributed by atoms with Gasteiger partial charge in [0.1, 0.15) is 0 Å². The fraction of sp³-hybridized carbons (Fsp3) is 0.941. The summed E-state index contributed by atoms with van der Waals surface area (Å²) in [5.41, 5.74) is 0. The lowest BCUT2D eigenvalue weighted by Crippen LogP contribution is -2.44. The van der Waals surface area contributed by atoms with E-state index >= 15 is 0 Å². The van der Waals surface area contributed by atoms with Crippen molar-refractivity contribution in [2.75, 3.05) is 6.61 Å². The zero-order valence-electron chi connectivity index (χ0n) is 12.2. The Morgan fingerprint density at radius 2 is 1.58 bits per heavy atom. The molecule has 2 nitrogen and oxygen atoms in total. The molecule has 4 aliphatic carbocycles. The van der Waals surface area contributed by atoms with Crippen LogP contribution in [-0.2, 0) is 9.53 Å². The molecule has 5 rings (SSSR count). The van der Waals surface area contributed by atoms with Gasteiger partial charge in [0, 0.05) is 0 Å². The van der Waals surface area contributed by atoms with Crippen LogP contribution in [0.25, 0.3) is 0 Å². The zero-order valence-corrected chi connectivity index (χ0v) is 12.2. The summed E-state index contributed by atoms with van der Waals surface area (Å²) in [4.78, 5) is 12.0. The van der Waals surface area contributed by atoms with Crippen molar-refractivity contribution in [3.8, 4) is 0 Å². The fourth-order valence-electron chi connectivity index (χ4n) is 6.84. The van der Waals surface area contributed by atoms with Crippen LogP contribution in [0.4, 0.5) is 0 Å². The Morgan fingerprint density at radius 1 is 0.895 bits per heavy atom. The Bertz CT molecular complexity index is 391. The molecule has 0 spiro atoms. The van der Waals surface area contributed by atoms with Crippen LogP contribution >= 0.6 is 0 Å². The van der Waals surface area contributed by atoms with Crippen molar-refractivity contribution in [3.63, 3.8) is 0 Å². The number of esters is 1. The molecule has 4 saturated carbocycles. The zero-order chi connectivity index (χ0) is 13.1. The third-order valence-corrected chi connectivity index (χ3v) is 7.02. The third kappa shape index (κ3) is 1.41. The average molecular weight is 262 g/mol. The molecule has 0 radical (unpaired) electrons. The summed E-state index contributed by atoms with van der Waals surface area (Å²) in [6.07, 6.45) is 6.99. The van der Waals surface area contributed by atoms with E-state index in [1.54, 1.807) is 0 Å². The Kier molecular flexibility index (Phi) is 2.72. The maximum absolute atomic E-state index is 12.0. The molecule has 8 unspecified atom stereocenters. The second-order valence-corrected chi connectivity index (χ2v) is 7.20. The van der Waals surface area contributed by atoms with Crippen LogP contribution in [0.3, 0.4) is 0 Å². The van der Waals surface area contributed by atoms with Crippen molar-refractivity contribution < 1.29 is 9.53 Å². The highest BCUT2D eigenvalue weighted by Crippen LogP contribution is 2.71. The van der Waals surface area contributed by atoms with Gasteiger partial charge in [-0.3, -0.25) is 4.79 Å². The van der Waals surface area contributed by atoms with Gasteiger partial charge in [0.2, 0.25) is 0 Å². The molecule has 0 aromatic heterocycles. The van der Waals surface area contributed by atoms with E-state index in [9.17, 15) is 4.79 Å². The van der Waals surface area contributed by atoms with E-state index in [4.69, 9.17) is 4.74 Å². The van der Waals surface area contributed by atoms with E-state index in [1.807, 2.05) is 13.8 Å². The number of fused-ring (bicyclic) bond motifs is 12. The molecule has 0 amide bonds. The summed E-state index contributed by atoms with van der Waals surface area (Å²) in [5.74, 6) is 6.77. The first-order chi connectivity index (χ1) is 9.34. The molecular weight excluding hydrogens is 236 g/mol. The molecule has 1 aliphatic heterocycles. The molecule has 4 bridgehead atoms. The number of ether oxygens (including phenoxy) is 1. The largest absolute Gasteiger partial charge is 0.465 e. The lowest BCUT2D eigenvalue weighted by molar-refractivity contribution is -0.162. The van der Waals surface area contributed by atoms with Gasteiger partial charge in [-0.2, -0.15) is 0 Å². The van der Waals surface area contributed by atoms with Crippen LogP contribution in [0, 0.1) is 47.3 Å². The van der Waals surface area contributed by atoms with E-state index in [1.165, 1.54) is 25.7 Å². The Labute approximate surface area is 116 Å². The first-order valence-electron chi connectivity index (χ1n) is 8.51. The number of carbonyl (C=O) groups is 1. The molecule has 2 heteroatoms. The average Bonchev–Trinajstić information content (AvgIpc) is 3.19. The number of cyclic esters (lactones) is 1. The molecule has 1 heterocycles. The minimum atomic E-state index is 0.162. The van der Waals surface area contributed by atoms with Gasteiger partial charge in [-0.15, -0.1) is 0 Å². The topological polar surface area (TPSA) is 26.3 Å². The highest BCUT2D eigenvalue weighted by molar-refractivity contribution is 5.75. The van der Waals surface area contributed by atoms with Gasteiger partial charge in [-0.25, -0.2) is 0 Å². The highest BCUT2D eigenvalue weighted by atomic mass is 16.5. The maximum Gasteiger partial charge on any atom is 0.309 e. The van der Waals surface area contributed by atoms with E-state index in [-0.39, 0.29) is 5.97 Å².